The van der Waals surface area contributed by atoms with Gasteiger partial charge in [-0.1, -0.05) is 26.0 Å². The van der Waals surface area contributed by atoms with E-state index < -0.39 is 11.7 Å². The minimum absolute atomic E-state index is 0.426. The Labute approximate surface area is 113 Å². The van der Waals surface area contributed by atoms with E-state index in [0.29, 0.717) is 11.8 Å². The van der Waals surface area contributed by atoms with Gasteiger partial charge in [-0.05, 0) is 17.7 Å². The van der Waals surface area contributed by atoms with Crippen LogP contribution in [0.5, 0.6) is 0 Å². The molecule has 1 rings (SSSR count). The van der Waals surface area contributed by atoms with Gasteiger partial charge in [-0.25, -0.2) is 0 Å². The highest BCUT2D eigenvalue weighted by atomic mass is 32.2. The number of Topliss-reactive ketones (excluding diaryl/α,β-unsaturated/α-hetero) is 1. The molecule has 0 N–H and O–H groups in total. The van der Waals surface area contributed by atoms with Crippen LogP contribution in [0.25, 0.3) is 0 Å². The lowest BCUT2D eigenvalue weighted by atomic mass is 10.2. The molecule has 4 heteroatoms. The van der Waals surface area contributed by atoms with Gasteiger partial charge in [-0.3, -0.25) is 9.59 Å². The summed E-state index contributed by atoms with van der Waals surface area (Å²) < 4.78 is 0. The van der Waals surface area contributed by atoms with E-state index in [1.807, 2.05) is 24.3 Å². The second kappa shape index (κ2) is 6.59. The first-order valence-corrected chi connectivity index (χ1v) is 6.79. The summed E-state index contributed by atoms with van der Waals surface area (Å²) in [7, 11) is 1.64. The summed E-state index contributed by atoms with van der Waals surface area (Å²) in [6.07, 6.45) is 0. The Morgan fingerprint density at radius 2 is 1.78 bits per heavy atom. The Balaban J connectivity index is 2.63. The van der Waals surface area contributed by atoms with Crippen molar-refractivity contribution in [2.24, 2.45) is 0 Å². The fraction of sp³-hybridized carbons (Fsp3) is 0.429. The van der Waals surface area contributed by atoms with Crippen molar-refractivity contribution in [1.29, 1.82) is 0 Å². The molecule has 0 aliphatic rings. The predicted molar refractivity (Wildman–Crippen MR) is 74.6 cm³/mol. The average Bonchev–Trinajstić information content (AvgIpc) is 2.29. The smallest absolute Gasteiger partial charge is 0.289 e. The van der Waals surface area contributed by atoms with E-state index in [1.165, 1.54) is 16.7 Å². The fourth-order valence-corrected chi connectivity index (χ4v) is 2.40. The largest absolute Gasteiger partial charge is 0.335 e. The van der Waals surface area contributed by atoms with Crippen LogP contribution in [-0.2, 0) is 16.1 Å². The molecular formula is C14H19NO2S. The van der Waals surface area contributed by atoms with Gasteiger partial charge in [0.1, 0.15) is 0 Å². The van der Waals surface area contributed by atoms with Crippen LogP contribution in [-0.4, -0.2) is 28.9 Å². The van der Waals surface area contributed by atoms with Gasteiger partial charge in [0.2, 0.25) is 5.78 Å². The van der Waals surface area contributed by atoms with E-state index in [0.717, 1.165) is 5.56 Å². The number of carbonyl (C=O) groups is 2. The Morgan fingerprint density at radius 3 is 2.22 bits per heavy atom. The minimum atomic E-state index is -0.448. The normalized spacial score (nSPS) is 10.5. The number of carbonyl (C=O) groups excluding carboxylic acids is 2. The highest BCUT2D eigenvalue weighted by Crippen LogP contribution is 2.23. The minimum Gasteiger partial charge on any atom is -0.335 e. The maximum atomic E-state index is 11.4. The number of hydrogen-bond donors (Lipinski definition) is 0. The van der Waals surface area contributed by atoms with Gasteiger partial charge in [0.15, 0.2) is 0 Å². The molecule has 3 nitrogen and oxygen atoms in total. The molecule has 1 amide bonds. The molecule has 1 aromatic rings. The second-order valence-electron chi connectivity index (χ2n) is 4.53. The zero-order chi connectivity index (χ0) is 13.7. The third kappa shape index (κ3) is 4.53. The van der Waals surface area contributed by atoms with Gasteiger partial charge in [-0.2, -0.15) is 0 Å². The van der Waals surface area contributed by atoms with Crippen LogP contribution in [0.1, 0.15) is 26.3 Å². The number of rotatable bonds is 5. The maximum absolute atomic E-state index is 11.4. The maximum Gasteiger partial charge on any atom is 0.289 e. The molecule has 0 aliphatic carbocycles. The topological polar surface area (TPSA) is 37.4 Å². The Hall–Kier alpha value is -1.29. The van der Waals surface area contributed by atoms with Crippen LogP contribution in [0.4, 0.5) is 0 Å². The van der Waals surface area contributed by atoms with Crippen molar-refractivity contribution in [3.8, 4) is 0 Å². The highest BCUT2D eigenvalue weighted by Gasteiger charge is 2.13. The first kappa shape index (κ1) is 14.8. The molecule has 0 radical (unpaired) electrons. The van der Waals surface area contributed by atoms with Gasteiger partial charge >= 0.3 is 0 Å². The van der Waals surface area contributed by atoms with E-state index in [-0.39, 0.29) is 0 Å². The molecule has 0 heterocycles. The van der Waals surface area contributed by atoms with Crippen molar-refractivity contribution in [3.05, 3.63) is 29.8 Å². The zero-order valence-corrected chi connectivity index (χ0v) is 12.1. The number of nitrogens with zero attached hydrogens (tertiary/aromatic N) is 1. The summed E-state index contributed by atoms with van der Waals surface area (Å²) in [6.45, 7) is 6.06. The van der Waals surface area contributed by atoms with E-state index in [2.05, 4.69) is 13.8 Å². The SMILES string of the molecule is CC(=O)C(=O)N(C)Cc1ccc(SC(C)C)cc1. The molecule has 98 valence electrons. The summed E-state index contributed by atoms with van der Waals surface area (Å²) in [5, 5.41) is 0.554. The number of ketones is 1. The van der Waals surface area contributed by atoms with E-state index in [4.69, 9.17) is 0 Å². The van der Waals surface area contributed by atoms with Gasteiger partial charge in [-0.15, -0.1) is 11.8 Å². The Kier molecular flexibility index (Phi) is 5.41. The summed E-state index contributed by atoms with van der Waals surface area (Å²) in [5.41, 5.74) is 1.03. The Bertz CT molecular complexity index is 426. The molecule has 0 fully saturated rings. The first-order chi connectivity index (χ1) is 8.40. The summed E-state index contributed by atoms with van der Waals surface area (Å²) in [5.74, 6) is -0.875. The van der Waals surface area contributed by atoms with Crippen molar-refractivity contribution >= 4 is 23.5 Å². The fourth-order valence-electron chi connectivity index (χ4n) is 1.56. The van der Waals surface area contributed by atoms with E-state index in [9.17, 15) is 9.59 Å². The zero-order valence-electron chi connectivity index (χ0n) is 11.3. The van der Waals surface area contributed by atoms with Crippen molar-refractivity contribution < 1.29 is 9.59 Å². The van der Waals surface area contributed by atoms with Crippen LogP contribution >= 0.6 is 11.8 Å². The number of hydrogen-bond acceptors (Lipinski definition) is 3. The van der Waals surface area contributed by atoms with Crippen LogP contribution in [0.15, 0.2) is 29.2 Å². The molecular weight excluding hydrogens is 246 g/mol. The van der Waals surface area contributed by atoms with Crippen LogP contribution in [0, 0.1) is 0 Å². The highest BCUT2D eigenvalue weighted by molar-refractivity contribution is 7.99. The van der Waals surface area contributed by atoms with Crippen molar-refractivity contribution in [1.82, 2.24) is 4.90 Å². The first-order valence-electron chi connectivity index (χ1n) is 5.91. The second-order valence-corrected chi connectivity index (χ2v) is 6.18. The standard InChI is InChI=1S/C14H19NO2S/c1-10(2)18-13-7-5-12(6-8-13)9-15(4)14(17)11(3)16/h5-8,10H,9H2,1-4H3. The Morgan fingerprint density at radius 1 is 1.22 bits per heavy atom. The lowest BCUT2D eigenvalue weighted by molar-refractivity contribution is -0.143. The lowest BCUT2D eigenvalue weighted by Crippen LogP contribution is -2.31. The van der Waals surface area contributed by atoms with E-state index >= 15 is 0 Å². The van der Waals surface area contributed by atoms with Gasteiger partial charge in [0, 0.05) is 30.7 Å². The third-order valence-corrected chi connectivity index (χ3v) is 3.38. The number of likely N-dealkylation sites (N-methyl/N-ethyl adjacent to an activating group) is 1. The molecule has 18 heavy (non-hydrogen) atoms. The van der Waals surface area contributed by atoms with Gasteiger partial charge < -0.3 is 4.90 Å². The van der Waals surface area contributed by atoms with Crippen LogP contribution in [0.3, 0.4) is 0 Å². The quantitative estimate of drug-likeness (QED) is 0.607. The molecule has 0 saturated heterocycles. The van der Waals surface area contributed by atoms with Crippen LogP contribution < -0.4 is 0 Å². The van der Waals surface area contributed by atoms with Crippen molar-refractivity contribution in [2.45, 2.75) is 37.5 Å². The van der Waals surface area contributed by atoms with Crippen LogP contribution in [0.2, 0.25) is 0 Å². The molecule has 0 atom stereocenters. The average molecular weight is 265 g/mol. The molecule has 0 unspecified atom stereocenters. The number of amides is 1. The monoisotopic (exact) mass is 265 g/mol. The summed E-state index contributed by atoms with van der Waals surface area (Å²) >= 11 is 1.80. The summed E-state index contributed by atoms with van der Waals surface area (Å²) in [6, 6.07) is 8.08. The van der Waals surface area contributed by atoms with Crippen molar-refractivity contribution in [3.63, 3.8) is 0 Å². The number of thioether (sulfide) groups is 1. The molecule has 0 spiro atoms. The molecule has 1 aromatic carbocycles. The van der Waals surface area contributed by atoms with E-state index in [1.54, 1.807) is 18.8 Å². The van der Waals surface area contributed by atoms with Gasteiger partial charge in [0.05, 0.1) is 0 Å². The summed E-state index contributed by atoms with van der Waals surface area (Å²) in [4.78, 5) is 25.0. The predicted octanol–water partition coefficient (Wildman–Crippen LogP) is 2.73. The lowest BCUT2D eigenvalue weighted by Gasteiger charge is -2.15. The molecule has 0 saturated carbocycles. The molecule has 0 bridgehead atoms. The third-order valence-electron chi connectivity index (χ3n) is 2.36. The molecule has 0 aliphatic heterocycles. The van der Waals surface area contributed by atoms with Crippen molar-refractivity contribution in [2.75, 3.05) is 7.05 Å². The number of benzene rings is 1. The molecule has 0 aromatic heterocycles. The van der Waals surface area contributed by atoms with Gasteiger partial charge in [0.25, 0.3) is 5.91 Å².